The third-order valence-corrected chi connectivity index (χ3v) is 3.54. The Morgan fingerprint density at radius 3 is 2.92 bits per heavy atom. The van der Waals surface area contributed by atoms with Gasteiger partial charge in [-0.3, -0.25) is 0 Å². The highest BCUT2D eigenvalue weighted by atomic mass is 79.9. The molecule has 0 fully saturated rings. The van der Waals surface area contributed by atoms with Crippen LogP contribution < -0.4 is 0 Å². The van der Waals surface area contributed by atoms with Crippen LogP contribution in [0.1, 0.15) is 0 Å². The van der Waals surface area contributed by atoms with E-state index in [9.17, 15) is 5.11 Å². The molecule has 13 heavy (non-hydrogen) atoms. The summed E-state index contributed by atoms with van der Waals surface area (Å²) in [5.41, 5.74) is 0. The summed E-state index contributed by atoms with van der Waals surface area (Å²) in [6, 6.07) is 7.63. The first-order valence-electron chi connectivity index (χ1n) is 3.85. The predicted octanol–water partition coefficient (Wildman–Crippen LogP) is 3.19. The molecule has 1 N–H and O–H groups in total. The van der Waals surface area contributed by atoms with Crippen molar-refractivity contribution in [3.05, 3.63) is 29.3 Å². The third-order valence-electron chi connectivity index (χ3n) is 1.42. The average Bonchev–Trinajstić information content (AvgIpc) is 2.14. The van der Waals surface area contributed by atoms with Gasteiger partial charge in [0.2, 0.25) is 0 Å². The van der Waals surface area contributed by atoms with Crippen molar-refractivity contribution >= 4 is 39.3 Å². The van der Waals surface area contributed by atoms with Gasteiger partial charge in [-0.1, -0.05) is 33.6 Å². The topological polar surface area (TPSA) is 20.2 Å². The Morgan fingerprint density at radius 1 is 1.54 bits per heavy atom. The van der Waals surface area contributed by atoms with Crippen molar-refractivity contribution in [1.82, 2.24) is 0 Å². The summed E-state index contributed by atoms with van der Waals surface area (Å²) in [7, 11) is 0. The second-order valence-corrected chi connectivity index (χ2v) is 4.75. The highest BCUT2D eigenvalue weighted by molar-refractivity contribution is 9.09. The van der Waals surface area contributed by atoms with Gasteiger partial charge < -0.3 is 5.11 Å². The molecule has 0 bridgehead atoms. The normalized spacial score (nSPS) is 12.8. The Kier molecular flexibility index (Phi) is 5.17. The van der Waals surface area contributed by atoms with Gasteiger partial charge in [-0.15, -0.1) is 11.8 Å². The van der Waals surface area contributed by atoms with Crippen LogP contribution in [0.3, 0.4) is 0 Å². The van der Waals surface area contributed by atoms with E-state index in [1.54, 1.807) is 11.8 Å². The molecule has 1 aromatic carbocycles. The monoisotopic (exact) mass is 280 g/mol. The van der Waals surface area contributed by atoms with E-state index in [1.165, 1.54) is 0 Å². The maximum absolute atomic E-state index is 9.29. The van der Waals surface area contributed by atoms with Gasteiger partial charge in [0.1, 0.15) is 0 Å². The molecular formula is C9H10BrClOS. The summed E-state index contributed by atoms with van der Waals surface area (Å²) in [6.07, 6.45) is -0.302. The van der Waals surface area contributed by atoms with E-state index in [0.29, 0.717) is 11.1 Å². The van der Waals surface area contributed by atoms with Gasteiger partial charge in [-0.2, -0.15) is 0 Å². The van der Waals surface area contributed by atoms with Crippen molar-refractivity contribution in [1.29, 1.82) is 0 Å². The molecule has 0 aliphatic rings. The van der Waals surface area contributed by atoms with Crippen molar-refractivity contribution in [3.63, 3.8) is 0 Å². The van der Waals surface area contributed by atoms with Gasteiger partial charge in [0.05, 0.1) is 6.10 Å². The molecule has 0 spiro atoms. The third kappa shape index (κ3) is 4.36. The van der Waals surface area contributed by atoms with Crippen molar-refractivity contribution in [3.8, 4) is 0 Å². The average molecular weight is 282 g/mol. The molecular weight excluding hydrogens is 272 g/mol. The quantitative estimate of drug-likeness (QED) is 0.676. The number of hydrogen-bond donors (Lipinski definition) is 1. The van der Waals surface area contributed by atoms with Gasteiger partial charge in [0, 0.05) is 21.0 Å². The molecule has 72 valence electrons. The fourth-order valence-electron chi connectivity index (χ4n) is 0.794. The molecule has 0 saturated carbocycles. The SMILES string of the molecule is OC(CBr)CSc1cccc(Cl)c1. The molecule has 1 atom stereocenters. The number of alkyl halides is 1. The van der Waals surface area contributed by atoms with Gasteiger partial charge in [0.25, 0.3) is 0 Å². The largest absolute Gasteiger partial charge is 0.391 e. The molecule has 0 amide bonds. The lowest BCUT2D eigenvalue weighted by atomic mass is 10.4. The Hall–Kier alpha value is 0.300. The Balaban J connectivity index is 2.45. The second-order valence-electron chi connectivity index (χ2n) is 2.58. The summed E-state index contributed by atoms with van der Waals surface area (Å²) in [4.78, 5) is 1.09. The van der Waals surface area contributed by atoms with Crippen LogP contribution in [0.25, 0.3) is 0 Å². The van der Waals surface area contributed by atoms with Crippen LogP contribution in [0, 0.1) is 0 Å². The molecule has 0 saturated heterocycles. The molecule has 0 radical (unpaired) electrons. The highest BCUT2D eigenvalue weighted by Gasteiger charge is 2.02. The van der Waals surface area contributed by atoms with Crippen LogP contribution in [0.5, 0.6) is 0 Å². The van der Waals surface area contributed by atoms with Crippen molar-refractivity contribution in [2.75, 3.05) is 11.1 Å². The van der Waals surface area contributed by atoms with Gasteiger partial charge >= 0.3 is 0 Å². The lowest BCUT2D eigenvalue weighted by Gasteiger charge is -2.05. The number of thioether (sulfide) groups is 1. The molecule has 0 heterocycles. The summed E-state index contributed by atoms with van der Waals surface area (Å²) in [5, 5.41) is 10.6. The van der Waals surface area contributed by atoms with Crippen LogP contribution in [0.15, 0.2) is 29.2 Å². The number of aliphatic hydroxyl groups excluding tert-OH is 1. The minimum atomic E-state index is -0.302. The molecule has 1 aromatic rings. The molecule has 4 heteroatoms. The second kappa shape index (κ2) is 5.91. The first-order valence-corrected chi connectivity index (χ1v) is 6.33. The van der Waals surface area contributed by atoms with Crippen LogP contribution in [-0.2, 0) is 0 Å². The lowest BCUT2D eigenvalue weighted by molar-refractivity contribution is 0.226. The summed E-state index contributed by atoms with van der Waals surface area (Å²) >= 11 is 10.6. The van der Waals surface area contributed by atoms with E-state index in [1.807, 2.05) is 24.3 Å². The zero-order valence-corrected chi connectivity index (χ0v) is 10.1. The number of hydrogen-bond acceptors (Lipinski definition) is 2. The number of rotatable bonds is 4. The van der Waals surface area contributed by atoms with Gasteiger partial charge in [-0.25, -0.2) is 0 Å². The van der Waals surface area contributed by atoms with E-state index in [0.717, 1.165) is 9.92 Å². The number of halogens is 2. The maximum Gasteiger partial charge on any atom is 0.0730 e. The minimum absolute atomic E-state index is 0.302. The standard InChI is InChI=1S/C9H10BrClOS/c10-5-8(12)6-13-9-3-1-2-7(11)4-9/h1-4,8,12H,5-6H2. The molecule has 0 aromatic heterocycles. The first-order chi connectivity index (χ1) is 6.22. The predicted molar refractivity (Wildman–Crippen MR) is 62.0 cm³/mol. The molecule has 1 rings (SSSR count). The molecule has 1 unspecified atom stereocenters. The van der Waals surface area contributed by atoms with Gasteiger partial charge in [-0.05, 0) is 18.2 Å². The van der Waals surface area contributed by atoms with Crippen LogP contribution >= 0.6 is 39.3 Å². The zero-order chi connectivity index (χ0) is 9.68. The van der Waals surface area contributed by atoms with E-state index in [4.69, 9.17) is 11.6 Å². The Labute approximate surface area is 95.6 Å². The summed E-state index contributed by atoms with van der Waals surface area (Å²) in [5.74, 6) is 0.686. The van der Waals surface area contributed by atoms with Gasteiger partial charge in [0.15, 0.2) is 0 Å². The van der Waals surface area contributed by atoms with E-state index >= 15 is 0 Å². The fraction of sp³-hybridized carbons (Fsp3) is 0.333. The van der Waals surface area contributed by atoms with Crippen LogP contribution in [0.2, 0.25) is 5.02 Å². The van der Waals surface area contributed by atoms with E-state index in [-0.39, 0.29) is 6.10 Å². The molecule has 0 aliphatic heterocycles. The van der Waals surface area contributed by atoms with Crippen LogP contribution in [0.4, 0.5) is 0 Å². The fourth-order valence-corrected chi connectivity index (χ4v) is 2.47. The number of aliphatic hydroxyl groups is 1. The summed E-state index contributed by atoms with van der Waals surface area (Å²) in [6.45, 7) is 0. The first kappa shape index (κ1) is 11.4. The van der Waals surface area contributed by atoms with Crippen molar-refractivity contribution in [2.24, 2.45) is 0 Å². The van der Waals surface area contributed by atoms with Crippen LogP contribution in [-0.4, -0.2) is 22.3 Å². The Morgan fingerprint density at radius 2 is 2.31 bits per heavy atom. The van der Waals surface area contributed by atoms with E-state index < -0.39 is 0 Å². The highest BCUT2D eigenvalue weighted by Crippen LogP contribution is 2.22. The zero-order valence-electron chi connectivity index (χ0n) is 6.91. The minimum Gasteiger partial charge on any atom is -0.391 e. The smallest absolute Gasteiger partial charge is 0.0730 e. The summed E-state index contributed by atoms with van der Waals surface area (Å²) < 4.78 is 0. The van der Waals surface area contributed by atoms with Crippen molar-refractivity contribution < 1.29 is 5.11 Å². The molecule has 0 aliphatic carbocycles. The van der Waals surface area contributed by atoms with E-state index in [2.05, 4.69) is 15.9 Å². The lowest BCUT2D eigenvalue weighted by Crippen LogP contribution is -2.10. The Bertz CT molecular complexity index is 270. The van der Waals surface area contributed by atoms with Crippen molar-refractivity contribution in [2.45, 2.75) is 11.0 Å². The maximum atomic E-state index is 9.29. The number of benzene rings is 1. The molecule has 1 nitrogen and oxygen atoms in total.